The van der Waals surface area contributed by atoms with Gasteiger partial charge >= 0.3 is 0 Å². The van der Waals surface area contributed by atoms with Crippen molar-refractivity contribution in [1.82, 2.24) is 14.7 Å². The molecule has 1 aromatic carbocycles. The van der Waals surface area contributed by atoms with E-state index in [0.29, 0.717) is 43.1 Å². The molecule has 0 spiro atoms. The minimum Gasteiger partial charge on any atom is -0.385 e. The van der Waals surface area contributed by atoms with Crippen molar-refractivity contribution in [2.45, 2.75) is 143 Å². The van der Waals surface area contributed by atoms with Gasteiger partial charge in [-0.05, 0) is 85.8 Å². The third-order valence-corrected chi connectivity index (χ3v) is 11.4. The predicted molar refractivity (Wildman–Crippen MR) is 176 cm³/mol. The number of aryl methyl sites for hydroxylation is 1. The molecule has 2 aliphatic carbocycles. The zero-order valence-electron chi connectivity index (χ0n) is 27.9. The standard InChI is InChI=1S/C37H52N4O4/c1-5-31(44)30-20-37-16-14-28(43)19-36(3,4)15-10-9-13-26-17-27(38-22-25-11-7-6-8-12-25)18-29-34(24(2)42)39-40(35(26)29)23-33(45)41(30)32(37)21-37/h17-18,25,30,32,38H,5-16,19-23H2,1-4H3/t30-,32+,37-/m0/s1. The summed E-state index contributed by atoms with van der Waals surface area (Å²) in [6.45, 7) is 8.72. The Morgan fingerprint density at radius 1 is 1.00 bits per heavy atom. The number of benzene rings is 1. The van der Waals surface area contributed by atoms with E-state index < -0.39 is 6.04 Å². The highest BCUT2D eigenvalue weighted by Gasteiger charge is 2.66. The van der Waals surface area contributed by atoms with Gasteiger partial charge in [-0.3, -0.25) is 23.9 Å². The normalized spacial score (nSPS) is 27.7. The van der Waals surface area contributed by atoms with Crippen molar-refractivity contribution in [3.05, 3.63) is 23.4 Å². The Balaban J connectivity index is 1.38. The minimum atomic E-state index is -0.448. The molecule has 3 atom stereocenters. The lowest BCUT2D eigenvalue weighted by atomic mass is 9.80. The molecule has 1 aromatic heterocycles. The molecule has 45 heavy (non-hydrogen) atoms. The Morgan fingerprint density at radius 2 is 1.78 bits per heavy atom. The van der Waals surface area contributed by atoms with Gasteiger partial charge in [0.1, 0.15) is 18.0 Å². The molecule has 2 saturated carbocycles. The summed E-state index contributed by atoms with van der Waals surface area (Å²) in [5.74, 6) is 0.806. The summed E-state index contributed by atoms with van der Waals surface area (Å²) in [5.41, 5.74) is 3.14. The number of Topliss-reactive ketones (excluding diaryl/α,β-unsaturated/α-hetero) is 3. The van der Waals surface area contributed by atoms with Gasteiger partial charge < -0.3 is 10.2 Å². The first-order valence-electron chi connectivity index (χ1n) is 17.6. The summed E-state index contributed by atoms with van der Waals surface area (Å²) in [4.78, 5) is 55.2. The second-order valence-electron chi connectivity index (χ2n) is 15.5. The molecular formula is C37H52N4O4. The maximum atomic E-state index is 14.2. The number of carbonyl (C=O) groups is 4. The Morgan fingerprint density at radius 3 is 2.51 bits per heavy atom. The maximum Gasteiger partial charge on any atom is 0.245 e. The average Bonchev–Trinajstić information content (AvgIpc) is 3.42. The van der Waals surface area contributed by atoms with Crippen LogP contribution in [-0.2, 0) is 27.3 Å². The fraction of sp³-hybridized carbons (Fsp3) is 0.703. The molecule has 2 aromatic rings. The van der Waals surface area contributed by atoms with E-state index in [1.165, 1.54) is 32.1 Å². The lowest BCUT2D eigenvalue weighted by molar-refractivity contribution is -0.139. The molecule has 0 radical (unpaired) electrons. The molecule has 6 rings (SSSR count). The SMILES string of the molecule is CCC(=O)[C@@H]1C[C@]23CCC(=O)CC(C)(C)CCCCc4cc(NCC5CCCCC5)cc5c(C(C)=O)nn(c45)CC(=O)N1[C@@H]2C3. The summed E-state index contributed by atoms with van der Waals surface area (Å²) in [5, 5.41) is 9.27. The van der Waals surface area contributed by atoms with Gasteiger partial charge in [-0.2, -0.15) is 5.10 Å². The van der Waals surface area contributed by atoms with Gasteiger partial charge in [-0.25, -0.2) is 0 Å². The van der Waals surface area contributed by atoms with Gasteiger partial charge in [-0.15, -0.1) is 0 Å². The van der Waals surface area contributed by atoms with Crippen LogP contribution in [0, 0.1) is 16.7 Å². The molecule has 2 aliphatic heterocycles. The fourth-order valence-corrected chi connectivity index (χ4v) is 8.82. The van der Waals surface area contributed by atoms with Gasteiger partial charge in [0.25, 0.3) is 0 Å². The first-order chi connectivity index (χ1) is 21.5. The molecule has 8 nitrogen and oxygen atoms in total. The second kappa shape index (κ2) is 12.6. The third kappa shape index (κ3) is 6.62. The zero-order chi connectivity index (χ0) is 31.9. The number of amides is 1. The van der Waals surface area contributed by atoms with Crippen molar-refractivity contribution < 1.29 is 19.2 Å². The maximum absolute atomic E-state index is 14.2. The van der Waals surface area contributed by atoms with Crippen molar-refractivity contribution in [1.29, 1.82) is 0 Å². The molecule has 1 saturated heterocycles. The first-order valence-corrected chi connectivity index (χ1v) is 17.6. The van der Waals surface area contributed by atoms with E-state index in [0.717, 1.165) is 67.2 Å². The number of piperidine rings is 1. The summed E-state index contributed by atoms with van der Waals surface area (Å²) in [6.07, 6.45) is 13.8. The van der Waals surface area contributed by atoms with Crippen molar-refractivity contribution >= 4 is 39.8 Å². The quantitative estimate of drug-likeness (QED) is 0.349. The number of carbonyl (C=O) groups excluding carboxylic acids is 4. The van der Waals surface area contributed by atoms with Gasteiger partial charge in [0.05, 0.1) is 11.6 Å². The monoisotopic (exact) mass is 616 g/mol. The van der Waals surface area contributed by atoms with E-state index in [1.54, 1.807) is 11.6 Å². The van der Waals surface area contributed by atoms with Gasteiger partial charge in [-0.1, -0.05) is 46.5 Å². The second-order valence-corrected chi connectivity index (χ2v) is 15.5. The van der Waals surface area contributed by atoms with E-state index in [1.807, 2.05) is 11.8 Å². The van der Waals surface area contributed by atoms with Crippen LogP contribution in [0.25, 0.3) is 10.9 Å². The summed E-state index contributed by atoms with van der Waals surface area (Å²) in [6, 6.07) is 3.79. The highest BCUT2D eigenvalue weighted by molar-refractivity contribution is 6.06. The van der Waals surface area contributed by atoms with Crippen LogP contribution in [0.1, 0.15) is 134 Å². The van der Waals surface area contributed by atoms with E-state index in [9.17, 15) is 19.2 Å². The van der Waals surface area contributed by atoms with Crippen molar-refractivity contribution in [3.63, 3.8) is 0 Å². The Bertz CT molecular complexity index is 1480. The molecule has 3 fully saturated rings. The van der Waals surface area contributed by atoms with Gasteiger partial charge in [0.2, 0.25) is 5.91 Å². The van der Waals surface area contributed by atoms with E-state index in [4.69, 9.17) is 5.10 Å². The molecule has 0 unspecified atom stereocenters. The number of hydrogen-bond acceptors (Lipinski definition) is 6. The molecule has 3 heterocycles. The molecule has 1 amide bonds. The van der Waals surface area contributed by atoms with Crippen LogP contribution in [-0.4, -0.2) is 56.6 Å². The topological polar surface area (TPSA) is 101 Å². The number of rotatable bonds is 6. The van der Waals surface area contributed by atoms with Crippen LogP contribution in [0.15, 0.2) is 12.1 Å². The zero-order valence-corrected chi connectivity index (χ0v) is 27.9. The Hall–Kier alpha value is -3.03. The molecule has 244 valence electrons. The number of hydrogen-bond donors (Lipinski definition) is 1. The van der Waals surface area contributed by atoms with Crippen LogP contribution < -0.4 is 5.32 Å². The van der Waals surface area contributed by atoms with Crippen LogP contribution in [0.4, 0.5) is 5.69 Å². The van der Waals surface area contributed by atoms with Gasteiger partial charge in [0, 0.05) is 49.8 Å². The lowest BCUT2D eigenvalue weighted by Crippen LogP contribution is -2.44. The number of nitrogens with zero attached hydrogens (tertiary/aromatic N) is 3. The molecule has 4 aliphatic rings. The largest absolute Gasteiger partial charge is 0.385 e. The highest BCUT2D eigenvalue weighted by atomic mass is 16.2. The summed E-state index contributed by atoms with van der Waals surface area (Å²) in [7, 11) is 0. The smallest absolute Gasteiger partial charge is 0.245 e. The van der Waals surface area contributed by atoms with Crippen LogP contribution in [0.5, 0.6) is 0 Å². The van der Waals surface area contributed by atoms with Gasteiger partial charge in [0.15, 0.2) is 11.6 Å². The average molecular weight is 617 g/mol. The van der Waals surface area contributed by atoms with Crippen molar-refractivity contribution in [2.75, 3.05) is 11.9 Å². The van der Waals surface area contributed by atoms with E-state index in [-0.39, 0.29) is 40.9 Å². The summed E-state index contributed by atoms with van der Waals surface area (Å²) < 4.78 is 1.75. The summed E-state index contributed by atoms with van der Waals surface area (Å²) >= 11 is 0. The van der Waals surface area contributed by atoms with Crippen LogP contribution >= 0.6 is 0 Å². The van der Waals surface area contributed by atoms with Crippen LogP contribution in [0.2, 0.25) is 0 Å². The van der Waals surface area contributed by atoms with Crippen molar-refractivity contribution in [2.24, 2.45) is 16.7 Å². The third-order valence-electron chi connectivity index (χ3n) is 11.4. The predicted octanol–water partition coefficient (Wildman–Crippen LogP) is 7.06. The lowest BCUT2D eigenvalue weighted by Gasteiger charge is -2.27. The number of aromatic nitrogens is 2. The number of anilines is 1. The van der Waals surface area contributed by atoms with Crippen molar-refractivity contribution in [3.8, 4) is 0 Å². The molecule has 1 N–H and O–H groups in total. The first kappa shape index (κ1) is 31.9. The highest BCUT2D eigenvalue weighted by Crippen LogP contribution is 2.62. The van der Waals surface area contributed by atoms with E-state index in [2.05, 4.69) is 31.3 Å². The number of nitrogens with one attached hydrogen (secondary N) is 1. The Kier molecular flexibility index (Phi) is 8.97. The molecular weight excluding hydrogens is 564 g/mol. The fourth-order valence-electron chi connectivity index (χ4n) is 8.82. The number of ketones is 3. The van der Waals surface area contributed by atoms with Crippen LogP contribution in [0.3, 0.4) is 0 Å². The van der Waals surface area contributed by atoms with E-state index >= 15 is 0 Å². The molecule has 2 bridgehead atoms. The minimum absolute atomic E-state index is 0.00232. The molecule has 8 heteroatoms. The Labute approximate surface area is 268 Å².